The molecule has 2 aromatic carbocycles. The number of hydrogen-bond acceptors (Lipinski definition) is 5. The Morgan fingerprint density at radius 3 is 2.45 bits per heavy atom. The lowest BCUT2D eigenvalue weighted by Crippen LogP contribution is -2.38. The molecule has 1 saturated heterocycles. The minimum atomic E-state index is -4.50. The fraction of sp³-hybridized carbons (Fsp3) is 0.367. The summed E-state index contributed by atoms with van der Waals surface area (Å²) in [6.45, 7) is 7.75. The smallest absolute Gasteiger partial charge is 0.369 e. The Kier molecular flexibility index (Phi) is 7.61. The Hall–Kier alpha value is -3.52. The first-order valence-electron chi connectivity index (χ1n) is 13.1. The van der Waals surface area contributed by atoms with Crippen molar-refractivity contribution in [1.82, 2.24) is 19.9 Å². The molecule has 2 aromatic heterocycles. The minimum absolute atomic E-state index is 0.0978. The number of likely N-dealkylation sites (tertiary alicyclic amines) is 1. The van der Waals surface area contributed by atoms with E-state index < -0.39 is 11.7 Å². The summed E-state index contributed by atoms with van der Waals surface area (Å²) in [5.74, 6) is 2.55. The maximum absolute atomic E-state index is 13.7. The molecule has 5 nitrogen and oxygen atoms in total. The van der Waals surface area contributed by atoms with Crippen LogP contribution in [0.2, 0.25) is 0 Å². The molecule has 8 heteroatoms. The van der Waals surface area contributed by atoms with Crippen LogP contribution in [0.5, 0.6) is 0 Å². The lowest BCUT2D eigenvalue weighted by atomic mass is 9.92. The summed E-state index contributed by atoms with van der Waals surface area (Å²) in [5, 5.41) is 4.23. The Morgan fingerprint density at radius 2 is 1.71 bits per heavy atom. The van der Waals surface area contributed by atoms with E-state index in [9.17, 15) is 13.2 Å². The maximum atomic E-state index is 13.7. The number of benzene rings is 2. The molecule has 5 rings (SSSR count). The molecular weight excluding hydrogens is 487 g/mol. The van der Waals surface area contributed by atoms with Crippen LogP contribution in [0.3, 0.4) is 0 Å². The van der Waals surface area contributed by atoms with Gasteiger partial charge in [0.2, 0.25) is 0 Å². The first kappa shape index (κ1) is 26.1. The first-order chi connectivity index (χ1) is 18.3. The van der Waals surface area contributed by atoms with Crippen LogP contribution in [-0.4, -0.2) is 39.5 Å². The van der Waals surface area contributed by atoms with Crippen molar-refractivity contribution in [3.05, 3.63) is 83.8 Å². The van der Waals surface area contributed by atoms with Crippen LogP contribution in [0, 0.1) is 11.8 Å². The normalized spacial score (nSPS) is 18.6. The standard InChI is InChI=1S/C30H32F3N5/c1-20-15-21(2)18-38(17-20)19-27-36-26-16-23(28-25(30(31,32)33)9-6-13-34-28)10-11-24(26)29(37-27)35-14-12-22-7-4-3-5-8-22/h3-11,13,16,20-21H,12,14-15,17-19H2,1-2H3,(H,35,36,37). The average molecular weight is 520 g/mol. The number of anilines is 1. The number of hydrogen-bond donors (Lipinski definition) is 1. The van der Waals surface area contributed by atoms with Gasteiger partial charge in [-0.15, -0.1) is 0 Å². The fourth-order valence-electron chi connectivity index (χ4n) is 5.49. The number of aromatic nitrogens is 3. The number of alkyl halides is 3. The summed E-state index contributed by atoms with van der Waals surface area (Å²) in [6.07, 6.45) is -1.09. The molecule has 0 spiro atoms. The molecule has 0 saturated carbocycles. The highest BCUT2D eigenvalue weighted by atomic mass is 19.4. The predicted octanol–water partition coefficient (Wildman–Crippen LogP) is 6.84. The van der Waals surface area contributed by atoms with Crippen LogP contribution in [0.1, 0.15) is 37.2 Å². The Morgan fingerprint density at radius 1 is 0.947 bits per heavy atom. The molecule has 1 N–H and O–H groups in total. The van der Waals surface area contributed by atoms with Crippen molar-refractivity contribution >= 4 is 16.7 Å². The third-order valence-corrected chi connectivity index (χ3v) is 6.99. The number of rotatable bonds is 7. The van der Waals surface area contributed by atoms with Gasteiger partial charge in [0.05, 0.1) is 23.3 Å². The molecule has 0 radical (unpaired) electrons. The van der Waals surface area contributed by atoms with Crippen LogP contribution in [0.15, 0.2) is 66.9 Å². The molecule has 1 aliphatic rings. The van der Waals surface area contributed by atoms with Crippen molar-refractivity contribution in [3.8, 4) is 11.3 Å². The third kappa shape index (κ3) is 6.13. The molecule has 0 aliphatic carbocycles. The van der Waals surface area contributed by atoms with Crippen molar-refractivity contribution in [2.45, 2.75) is 39.4 Å². The lowest BCUT2D eigenvalue weighted by molar-refractivity contribution is -0.137. The molecule has 0 amide bonds. The van der Waals surface area contributed by atoms with Crippen molar-refractivity contribution in [3.63, 3.8) is 0 Å². The van der Waals surface area contributed by atoms with Gasteiger partial charge in [0, 0.05) is 36.8 Å². The predicted molar refractivity (Wildman–Crippen MR) is 145 cm³/mol. The summed E-state index contributed by atoms with van der Waals surface area (Å²) >= 11 is 0. The second kappa shape index (κ2) is 11.1. The van der Waals surface area contributed by atoms with Gasteiger partial charge in [-0.05, 0) is 54.5 Å². The van der Waals surface area contributed by atoms with Gasteiger partial charge < -0.3 is 5.32 Å². The third-order valence-electron chi connectivity index (χ3n) is 6.99. The quantitative estimate of drug-likeness (QED) is 0.290. The zero-order valence-corrected chi connectivity index (χ0v) is 21.7. The molecule has 2 unspecified atom stereocenters. The van der Waals surface area contributed by atoms with Crippen LogP contribution >= 0.6 is 0 Å². The Balaban J connectivity index is 1.50. The largest absolute Gasteiger partial charge is 0.418 e. The second-order valence-electron chi connectivity index (χ2n) is 10.4. The molecule has 1 aliphatic heterocycles. The summed E-state index contributed by atoms with van der Waals surface area (Å²) in [5.41, 5.74) is 1.34. The number of fused-ring (bicyclic) bond motifs is 1. The van der Waals surface area contributed by atoms with E-state index in [-0.39, 0.29) is 5.69 Å². The van der Waals surface area contributed by atoms with Gasteiger partial charge >= 0.3 is 6.18 Å². The van der Waals surface area contributed by atoms with E-state index in [0.29, 0.717) is 47.6 Å². The summed E-state index contributed by atoms with van der Waals surface area (Å²) in [4.78, 5) is 16.1. The van der Waals surface area contributed by atoms with Crippen molar-refractivity contribution < 1.29 is 13.2 Å². The average Bonchev–Trinajstić information content (AvgIpc) is 2.88. The molecular formula is C30H32F3N5. The second-order valence-corrected chi connectivity index (χ2v) is 10.4. The van der Waals surface area contributed by atoms with Crippen LogP contribution in [-0.2, 0) is 19.1 Å². The van der Waals surface area contributed by atoms with Gasteiger partial charge in [0.1, 0.15) is 11.6 Å². The lowest BCUT2D eigenvalue weighted by Gasteiger charge is -2.34. The fourth-order valence-corrected chi connectivity index (χ4v) is 5.49. The number of pyridine rings is 1. The van der Waals surface area contributed by atoms with Gasteiger partial charge in [-0.1, -0.05) is 50.2 Å². The highest BCUT2D eigenvalue weighted by molar-refractivity contribution is 5.92. The molecule has 3 heterocycles. The van der Waals surface area contributed by atoms with Gasteiger partial charge in [0.15, 0.2) is 0 Å². The zero-order chi connectivity index (χ0) is 26.7. The maximum Gasteiger partial charge on any atom is 0.418 e. The highest BCUT2D eigenvalue weighted by Gasteiger charge is 2.34. The van der Waals surface area contributed by atoms with Crippen LogP contribution in [0.25, 0.3) is 22.2 Å². The number of nitrogens with zero attached hydrogens (tertiary/aromatic N) is 4. The van der Waals surface area contributed by atoms with Gasteiger partial charge in [-0.3, -0.25) is 9.88 Å². The van der Waals surface area contributed by atoms with E-state index in [1.807, 2.05) is 18.2 Å². The zero-order valence-electron chi connectivity index (χ0n) is 21.7. The number of piperidine rings is 1. The Bertz CT molecular complexity index is 1380. The van der Waals surface area contributed by atoms with E-state index in [0.717, 1.165) is 31.0 Å². The number of halogens is 3. The van der Waals surface area contributed by atoms with E-state index in [1.54, 1.807) is 18.2 Å². The topological polar surface area (TPSA) is 53.9 Å². The number of nitrogens with one attached hydrogen (secondary N) is 1. The van der Waals surface area contributed by atoms with Crippen molar-refractivity contribution in [2.24, 2.45) is 11.8 Å². The first-order valence-corrected chi connectivity index (χ1v) is 13.1. The summed E-state index contributed by atoms with van der Waals surface area (Å²) in [7, 11) is 0. The molecule has 1 fully saturated rings. The summed E-state index contributed by atoms with van der Waals surface area (Å²) in [6, 6.07) is 17.7. The van der Waals surface area contributed by atoms with Gasteiger partial charge in [-0.25, -0.2) is 9.97 Å². The van der Waals surface area contributed by atoms with Crippen LogP contribution < -0.4 is 5.32 Å². The SMILES string of the molecule is CC1CC(C)CN(Cc2nc(NCCc3ccccc3)c3ccc(-c4ncccc4C(F)(F)F)cc3n2)C1. The monoisotopic (exact) mass is 519 g/mol. The van der Waals surface area contributed by atoms with E-state index >= 15 is 0 Å². The highest BCUT2D eigenvalue weighted by Crippen LogP contribution is 2.37. The van der Waals surface area contributed by atoms with E-state index in [1.165, 1.54) is 24.2 Å². The van der Waals surface area contributed by atoms with Crippen molar-refractivity contribution in [2.75, 3.05) is 25.0 Å². The minimum Gasteiger partial charge on any atom is -0.369 e. The summed E-state index contributed by atoms with van der Waals surface area (Å²) < 4.78 is 41.1. The van der Waals surface area contributed by atoms with Gasteiger partial charge in [-0.2, -0.15) is 13.2 Å². The van der Waals surface area contributed by atoms with E-state index in [2.05, 4.69) is 41.2 Å². The molecule has 198 valence electrons. The van der Waals surface area contributed by atoms with Crippen LogP contribution in [0.4, 0.5) is 19.0 Å². The molecule has 2 atom stereocenters. The Labute approximate surface area is 221 Å². The van der Waals surface area contributed by atoms with Gasteiger partial charge in [0.25, 0.3) is 0 Å². The molecule has 0 bridgehead atoms. The van der Waals surface area contributed by atoms with Crippen molar-refractivity contribution in [1.29, 1.82) is 0 Å². The van der Waals surface area contributed by atoms with E-state index in [4.69, 9.17) is 9.97 Å². The molecule has 38 heavy (non-hydrogen) atoms. The molecule has 4 aromatic rings.